The SMILES string of the molecule is CN1Cc2ccccc2CS1=O. The second kappa shape index (κ2) is 2.99. The van der Waals surface area contributed by atoms with Crippen LogP contribution in [0, 0.1) is 0 Å². The van der Waals surface area contributed by atoms with Crippen molar-refractivity contribution in [2.75, 3.05) is 7.05 Å². The predicted octanol–water partition coefficient (Wildman–Crippen LogP) is 1.30. The molecule has 0 aliphatic carbocycles. The van der Waals surface area contributed by atoms with E-state index in [9.17, 15) is 4.21 Å². The van der Waals surface area contributed by atoms with E-state index < -0.39 is 11.0 Å². The highest BCUT2D eigenvalue weighted by molar-refractivity contribution is 7.81. The summed E-state index contributed by atoms with van der Waals surface area (Å²) in [6, 6.07) is 8.19. The summed E-state index contributed by atoms with van der Waals surface area (Å²) in [6.45, 7) is 0.808. The van der Waals surface area contributed by atoms with E-state index in [1.54, 1.807) is 0 Å². The summed E-state index contributed by atoms with van der Waals surface area (Å²) in [5.41, 5.74) is 2.54. The molecular weight excluding hydrogens is 170 g/mol. The molecule has 1 aromatic rings. The normalized spacial score (nSPS) is 23.6. The van der Waals surface area contributed by atoms with Crippen molar-refractivity contribution in [3.05, 3.63) is 35.4 Å². The van der Waals surface area contributed by atoms with Crippen LogP contribution < -0.4 is 0 Å². The van der Waals surface area contributed by atoms with Crippen LogP contribution in [-0.4, -0.2) is 15.6 Å². The summed E-state index contributed by atoms with van der Waals surface area (Å²) >= 11 is 0. The van der Waals surface area contributed by atoms with E-state index in [0.29, 0.717) is 5.75 Å². The van der Waals surface area contributed by atoms with E-state index in [-0.39, 0.29) is 0 Å². The van der Waals surface area contributed by atoms with E-state index in [2.05, 4.69) is 12.1 Å². The predicted molar refractivity (Wildman–Crippen MR) is 49.8 cm³/mol. The average molecular weight is 181 g/mol. The van der Waals surface area contributed by atoms with Gasteiger partial charge in [0.05, 0.1) is 16.7 Å². The van der Waals surface area contributed by atoms with E-state index in [1.165, 1.54) is 11.1 Å². The quantitative estimate of drug-likeness (QED) is 0.590. The number of hydrogen-bond acceptors (Lipinski definition) is 1. The molecule has 0 saturated heterocycles. The molecular formula is C9H11NOS. The lowest BCUT2D eigenvalue weighted by molar-refractivity contribution is 0.507. The van der Waals surface area contributed by atoms with Gasteiger partial charge in [0.15, 0.2) is 0 Å². The summed E-state index contributed by atoms with van der Waals surface area (Å²) in [7, 11) is 1.08. The summed E-state index contributed by atoms with van der Waals surface area (Å²) in [5, 5.41) is 0. The number of rotatable bonds is 0. The Balaban J connectivity index is 2.40. The molecule has 2 rings (SSSR count). The van der Waals surface area contributed by atoms with Crippen LogP contribution in [0.2, 0.25) is 0 Å². The van der Waals surface area contributed by atoms with Crippen LogP contribution in [0.1, 0.15) is 11.1 Å². The lowest BCUT2D eigenvalue weighted by Crippen LogP contribution is -2.27. The van der Waals surface area contributed by atoms with Crippen molar-refractivity contribution in [1.82, 2.24) is 4.31 Å². The molecule has 1 aliphatic rings. The third-order valence-corrected chi connectivity index (χ3v) is 3.52. The molecule has 1 heterocycles. The Bertz CT molecular complexity index is 324. The van der Waals surface area contributed by atoms with Crippen molar-refractivity contribution < 1.29 is 4.21 Å². The van der Waals surface area contributed by atoms with Crippen molar-refractivity contribution >= 4 is 11.0 Å². The van der Waals surface area contributed by atoms with Crippen molar-refractivity contribution in [3.63, 3.8) is 0 Å². The van der Waals surface area contributed by atoms with Gasteiger partial charge in [0.1, 0.15) is 0 Å². The maximum atomic E-state index is 11.4. The second-order valence-electron chi connectivity index (χ2n) is 3.02. The second-order valence-corrected chi connectivity index (χ2v) is 4.58. The Labute approximate surface area is 74.8 Å². The molecule has 1 aliphatic heterocycles. The van der Waals surface area contributed by atoms with Gasteiger partial charge in [-0.15, -0.1) is 0 Å². The molecule has 0 fully saturated rings. The fourth-order valence-corrected chi connectivity index (χ4v) is 2.46. The van der Waals surface area contributed by atoms with E-state index in [1.807, 2.05) is 23.5 Å². The Morgan fingerprint density at radius 1 is 1.33 bits per heavy atom. The smallest absolute Gasteiger partial charge is 0.0988 e. The zero-order chi connectivity index (χ0) is 8.55. The van der Waals surface area contributed by atoms with Crippen LogP contribution in [0.3, 0.4) is 0 Å². The Morgan fingerprint density at radius 2 is 2.00 bits per heavy atom. The third kappa shape index (κ3) is 1.30. The van der Waals surface area contributed by atoms with E-state index >= 15 is 0 Å². The molecule has 3 heteroatoms. The Morgan fingerprint density at radius 3 is 2.75 bits per heavy atom. The average Bonchev–Trinajstić information content (AvgIpc) is 2.07. The summed E-state index contributed by atoms with van der Waals surface area (Å²) in [6.07, 6.45) is 0. The van der Waals surface area contributed by atoms with Gasteiger partial charge in [-0.1, -0.05) is 24.3 Å². The van der Waals surface area contributed by atoms with Gasteiger partial charge in [0.2, 0.25) is 0 Å². The van der Waals surface area contributed by atoms with E-state index in [0.717, 1.165) is 6.54 Å². The minimum atomic E-state index is -0.813. The van der Waals surface area contributed by atoms with Crippen molar-refractivity contribution in [2.24, 2.45) is 0 Å². The molecule has 1 aromatic carbocycles. The monoisotopic (exact) mass is 181 g/mol. The van der Waals surface area contributed by atoms with Gasteiger partial charge in [-0.3, -0.25) is 0 Å². The molecule has 1 unspecified atom stereocenters. The molecule has 64 valence electrons. The van der Waals surface area contributed by atoms with Crippen molar-refractivity contribution in [1.29, 1.82) is 0 Å². The summed E-state index contributed by atoms with van der Waals surface area (Å²) < 4.78 is 13.3. The number of benzene rings is 1. The number of nitrogens with zero attached hydrogens (tertiary/aromatic N) is 1. The third-order valence-electron chi connectivity index (χ3n) is 2.14. The zero-order valence-corrected chi connectivity index (χ0v) is 7.80. The summed E-state index contributed by atoms with van der Waals surface area (Å²) in [4.78, 5) is 0. The maximum absolute atomic E-state index is 11.4. The highest BCUT2D eigenvalue weighted by atomic mass is 32.2. The van der Waals surface area contributed by atoms with Gasteiger partial charge in [0, 0.05) is 13.6 Å². The zero-order valence-electron chi connectivity index (χ0n) is 6.99. The number of hydrogen-bond donors (Lipinski definition) is 0. The van der Waals surface area contributed by atoms with Gasteiger partial charge >= 0.3 is 0 Å². The van der Waals surface area contributed by atoms with Crippen LogP contribution >= 0.6 is 0 Å². The standard InChI is InChI=1S/C9H11NOS/c1-10-6-8-4-2-3-5-9(8)7-12(10)11/h2-5H,6-7H2,1H3. The van der Waals surface area contributed by atoms with Gasteiger partial charge in [-0.2, -0.15) is 0 Å². The first-order valence-electron chi connectivity index (χ1n) is 3.94. The first-order valence-corrected chi connectivity index (χ1v) is 5.21. The highest BCUT2D eigenvalue weighted by Gasteiger charge is 2.17. The largest absolute Gasteiger partial charge is 0.242 e. The number of fused-ring (bicyclic) bond motifs is 1. The first-order chi connectivity index (χ1) is 5.77. The summed E-state index contributed by atoms with van der Waals surface area (Å²) in [5.74, 6) is 0.673. The van der Waals surface area contributed by atoms with Crippen LogP contribution in [0.15, 0.2) is 24.3 Å². The maximum Gasteiger partial charge on any atom is 0.0988 e. The topological polar surface area (TPSA) is 20.3 Å². The molecule has 0 spiro atoms. The van der Waals surface area contributed by atoms with Crippen LogP contribution in [0.4, 0.5) is 0 Å². The highest BCUT2D eigenvalue weighted by Crippen LogP contribution is 2.19. The lowest BCUT2D eigenvalue weighted by atomic mass is 10.1. The molecule has 0 amide bonds. The minimum Gasteiger partial charge on any atom is -0.242 e. The van der Waals surface area contributed by atoms with Gasteiger partial charge < -0.3 is 0 Å². The van der Waals surface area contributed by atoms with Crippen molar-refractivity contribution in [2.45, 2.75) is 12.3 Å². The Kier molecular flexibility index (Phi) is 1.98. The van der Waals surface area contributed by atoms with Gasteiger partial charge in [-0.25, -0.2) is 8.51 Å². The van der Waals surface area contributed by atoms with Gasteiger partial charge in [0.25, 0.3) is 0 Å². The molecule has 12 heavy (non-hydrogen) atoms. The van der Waals surface area contributed by atoms with Crippen LogP contribution in [0.25, 0.3) is 0 Å². The molecule has 0 bridgehead atoms. The van der Waals surface area contributed by atoms with Crippen molar-refractivity contribution in [3.8, 4) is 0 Å². The molecule has 0 N–H and O–H groups in total. The molecule has 2 nitrogen and oxygen atoms in total. The van der Waals surface area contributed by atoms with Crippen LogP contribution in [-0.2, 0) is 23.3 Å². The lowest BCUT2D eigenvalue weighted by Gasteiger charge is -2.23. The molecule has 0 saturated carbocycles. The Hall–Kier alpha value is -0.670. The molecule has 1 atom stereocenters. The minimum absolute atomic E-state index is 0.673. The fraction of sp³-hybridized carbons (Fsp3) is 0.333. The van der Waals surface area contributed by atoms with Crippen LogP contribution in [0.5, 0.6) is 0 Å². The van der Waals surface area contributed by atoms with E-state index in [4.69, 9.17) is 0 Å². The first kappa shape index (κ1) is 7.95. The molecule has 0 radical (unpaired) electrons. The molecule has 0 aromatic heterocycles. The fourth-order valence-electron chi connectivity index (χ4n) is 1.41. The van der Waals surface area contributed by atoms with Gasteiger partial charge in [-0.05, 0) is 11.1 Å².